The van der Waals surface area contributed by atoms with Crippen LogP contribution in [0.3, 0.4) is 0 Å². The highest BCUT2D eigenvalue weighted by molar-refractivity contribution is 7.89. The fraction of sp³-hybridized carbons (Fsp3) is 0.400. The Kier molecular flexibility index (Phi) is 7.37. The van der Waals surface area contributed by atoms with E-state index < -0.39 is 16.0 Å². The molecule has 8 nitrogen and oxygen atoms in total. The third kappa shape index (κ3) is 4.61. The minimum atomic E-state index is -3.64. The number of para-hydroxylation sites is 1. The Morgan fingerprint density at radius 3 is 2.29 bits per heavy atom. The van der Waals surface area contributed by atoms with Crippen LogP contribution in [0, 0.1) is 5.92 Å². The first-order valence-corrected chi connectivity index (χ1v) is 12.8. The van der Waals surface area contributed by atoms with Gasteiger partial charge in [0, 0.05) is 44.3 Å². The Bertz CT molecular complexity index is 1240. The van der Waals surface area contributed by atoms with Gasteiger partial charge < -0.3 is 18.8 Å². The summed E-state index contributed by atoms with van der Waals surface area (Å²) >= 11 is 0. The SMILES string of the molecule is CCOC(=O)c1cc2ccccc2n1-c1ccc(S(=O)(=O)N2CCC(C(OC)OC)CC2)cc1. The molecule has 1 saturated heterocycles. The van der Waals surface area contributed by atoms with Gasteiger partial charge >= 0.3 is 5.97 Å². The molecule has 0 saturated carbocycles. The standard InChI is InChI=1S/C25H30N2O6S/c1-4-33-24(28)23-17-19-7-5-6-8-22(19)27(23)20-9-11-21(12-10-20)34(29,30)26-15-13-18(14-16-26)25(31-2)32-3/h5-12,17-18,25H,4,13-16H2,1-3H3. The van der Waals surface area contributed by atoms with E-state index >= 15 is 0 Å². The van der Waals surface area contributed by atoms with Crippen molar-refractivity contribution in [1.29, 1.82) is 0 Å². The summed E-state index contributed by atoms with van der Waals surface area (Å²) in [6.45, 7) is 2.85. The molecule has 3 aromatic rings. The van der Waals surface area contributed by atoms with Crippen molar-refractivity contribution in [2.24, 2.45) is 5.92 Å². The first kappa shape index (κ1) is 24.4. The molecule has 2 aromatic carbocycles. The molecule has 182 valence electrons. The van der Waals surface area contributed by atoms with E-state index in [-0.39, 0.29) is 23.7 Å². The molecule has 0 unspecified atom stereocenters. The van der Waals surface area contributed by atoms with Gasteiger partial charge in [-0.25, -0.2) is 13.2 Å². The van der Waals surface area contributed by atoms with Crippen LogP contribution in [0.5, 0.6) is 0 Å². The summed E-state index contributed by atoms with van der Waals surface area (Å²) < 4.78 is 45.7. The van der Waals surface area contributed by atoms with Crippen LogP contribution >= 0.6 is 0 Å². The number of hydrogen-bond acceptors (Lipinski definition) is 6. The molecule has 0 N–H and O–H groups in total. The Morgan fingerprint density at radius 1 is 1.03 bits per heavy atom. The van der Waals surface area contributed by atoms with Crippen LogP contribution in [0.1, 0.15) is 30.3 Å². The average Bonchev–Trinajstić information content (AvgIpc) is 3.25. The van der Waals surface area contributed by atoms with Gasteiger partial charge in [-0.05, 0) is 56.2 Å². The van der Waals surface area contributed by atoms with Gasteiger partial charge in [0.15, 0.2) is 6.29 Å². The lowest BCUT2D eigenvalue weighted by atomic mass is 9.97. The second-order valence-corrected chi connectivity index (χ2v) is 10.2. The Balaban J connectivity index is 1.60. The second kappa shape index (κ2) is 10.3. The summed E-state index contributed by atoms with van der Waals surface area (Å²) in [5, 5.41) is 0.899. The van der Waals surface area contributed by atoms with Crippen molar-refractivity contribution in [3.63, 3.8) is 0 Å². The first-order valence-electron chi connectivity index (χ1n) is 11.3. The molecular weight excluding hydrogens is 456 g/mol. The Hall–Kier alpha value is -2.72. The van der Waals surface area contributed by atoms with Crippen LogP contribution in [-0.4, -0.2) is 63.5 Å². The van der Waals surface area contributed by atoms with Gasteiger partial charge in [0.1, 0.15) is 5.69 Å². The van der Waals surface area contributed by atoms with E-state index in [2.05, 4.69) is 0 Å². The van der Waals surface area contributed by atoms with E-state index in [1.165, 1.54) is 4.31 Å². The van der Waals surface area contributed by atoms with Crippen molar-refractivity contribution in [1.82, 2.24) is 8.87 Å². The maximum absolute atomic E-state index is 13.3. The number of piperidine rings is 1. The zero-order valence-electron chi connectivity index (χ0n) is 19.6. The number of methoxy groups -OCH3 is 2. The largest absolute Gasteiger partial charge is 0.461 e. The molecule has 1 aliphatic rings. The lowest BCUT2D eigenvalue weighted by molar-refractivity contribution is -0.144. The zero-order chi connectivity index (χ0) is 24.3. The highest BCUT2D eigenvalue weighted by Crippen LogP contribution is 2.29. The van der Waals surface area contributed by atoms with Gasteiger partial charge in [-0.15, -0.1) is 0 Å². The molecule has 0 atom stereocenters. The van der Waals surface area contributed by atoms with Gasteiger partial charge in [0.05, 0.1) is 17.0 Å². The molecule has 0 radical (unpaired) electrons. The fourth-order valence-electron chi connectivity index (χ4n) is 4.57. The number of ether oxygens (including phenoxy) is 3. The summed E-state index contributed by atoms with van der Waals surface area (Å²) in [4.78, 5) is 12.8. The van der Waals surface area contributed by atoms with Crippen LogP contribution in [0.2, 0.25) is 0 Å². The molecule has 1 aromatic heterocycles. The van der Waals surface area contributed by atoms with Gasteiger partial charge in [-0.1, -0.05) is 18.2 Å². The second-order valence-electron chi connectivity index (χ2n) is 8.22. The molecule has 2 heterocycles. The van der Waals surface area contributed by atoms with Crippen molar-refractivity contribution in [2.75, 3.05) is 33.9 Å². The highest BCUT2D eigenvalue weighted by Gasteiger charge is 2.33. The van der Waals surface area contributed by atoms with E-state index in [1.54, 1.807) is 56.0 Å². The lowest BCUT2D eigenvalue weighted by Gasteiger charge is -2.34. The van der Waals surface area contributed by atoms with Gasteiger partial charge in [-0.3, -0.25) is 0 Å². The van der Waals surface area contributed by atoms with Crippen LogP contribution < -0.4 is 0 Å². The van der Waals surface area contributed by atoms with Crippen LogP contribution in [0.4, 0.5) is 0 Å². The monoisotopic (exact) mass is 486 g/mol. The van der Waals surface area contributed by atoms with Crippen LogP contribution in [-0.2, 0) is 24.2 Å². The number of fused-ring (bicyclic) bond motifs is 1. The number of benzene rings is 2. The molecule has 1 fully saturated rings. The molecule has 0 bridgehead atoms. The lowest BCUT2D eigenvalue weighted by Crippen LogP contribution is -2.42. The summed E-state index contributed by atoms with van der Waals surface area (Å²) in [6, 6.07) is 16.1. The number of hydrogen-bond donors (Lipinski definition) is 0. The molecule has 0 aliphatic carbocycles. The Morgan fingerprint density at radius 2 is 1.68 bits per heavy atom. The van der Waals surface area contributed by atoms with Crippen molar-refractivity contribution in [3.05, 3.63) is 60.3 Å². The molecule has 4 rings (SSSR count). The van der Waals surface area contributed by atoms with E-state index in [1.807, 2.05) is 24.3 Å². The van der Waals surface area contributed by atoms with Gasteiger partial charge in [0.2, 0.25) is 10.0 Å². The normalized spacial score (nSPS) is 15.8. The summed E-state index contributed by atoms with van der Waals surface area (Å²) in [7, 11) is -0.442. The van der Waals surface area contributed by atoms with Crippen molar-refractivity contribution in [2.45, 2.75) is 31.0 Å². The summed E-state index contributed by atoms with van der Waals surface area (Å²) in [6.07, 6.45) is 1.01. The average molecular weight is 487 g/mol. The van der Waals surface area contributed by atoms with Crippen molar-refractivity contribution >= 4 is 26.9 Å². The summed E-state index contributed by atoms with van der Waals surface area (Å²) in [5.74, 6) is -0.268. The molecule has 9 heteroatoms. The zero-order valence-corrected chi connectivity index (χ0v) is 20.5. The van der Waals surface area contributed by atoms with Gasteiger partial charge in [0.25, 0.3) is 0 Å². The third-order valence-electron chi connectivity index (χ3n) is 6.28. The van der Waals surface area contributed by atoms with Crippen LogP contribution in [0.25, 0.3) is 16.6 Å². The van der Waals surface area contributed by atoms with E-state index in [0.29, 0.717) is 37.3 Å². The molecule has 1 aliphatic heterocycles. The third-order valence-corrected chi connectivity index (χ3v) is 8.19. The number of nitrogens with zero attached hydrogens (tertiary/aromatic N) is 2. The number of esters is 1. The molecule has 0 spiro atoms. The van der Waals surface area contributed by atoms with Gasteiger partial charge in [-0.2, -0.15) is 4.31 Å². The number of rotatable bonds is 8. The number of carbonyl (C=O) groups is 1. The van der Waals surface area contributed by atoms with Crippen molar-refractivity contribution in [3.8, 4) is 5.69 Å². The number of aromatic nitrogens is 1. The Labute approximate surface area is 200 Å². The maximum Gasteiger partial charge on any atom is 0.355 e. The predicted octanol–water partition coefficient (Wildman–Crippen LogP) is 3.83. The quantitative estimate of drug-likeness (QED) is 0.355. The smallest absolute Gasteiger partial charge is 0.355 e. The minimum Gasteiger partial charge on any atom is -0.461 e. The molecule has 0 amide bonds. The summed E-state index contributed by atoms with van der Waals surface area (Å²) in [5.41, 5.74) is 1.92. The first-order chi connectivity index (χ1) is 16.4. The van der Waals surface area contributed by atoms with Crippen molar-refractivity contribution < 1.29 is 27.4 Å². The van der Waals surface area contributed by atoms with E-state index in [4.69, 9.17) is 14.2 Å². The molecule has 34 heavy (non-hydrogen) atoms. The topological polar surface area (TPSA) is 87.1 Å². The minimum absolute atomic E-state index is 0.159. The highest BCUT2D eigenvalue weighted by atomic mass is 32.2. The number of carbonyl (C=O) groups excluding carboxylic acids is 1. The molecular formula is C25H30N2O6S. The van der Waals surface area contributed by atoms with Crippen LogP contribution in [0.15, 0.2) is 59.5 Å². The predicted molar refractivity (Wildman–Crippen MR) is 129 cm³/mol. The maximum atomic E-state index is 13.3. The number of sulfonamides is 1. The van der Waals surface area contributed by atoms with E-state index in [0.717, 1.165) is 10.9 Å². The van der Waals surface area contributed by atoms with E-state index in [9.17, 15) is 13.2 Å². The fourth-order valence-corrected chi connectivity index (χ4v) is 6.04.